The van der Waals surface area contributed by atoms with Gasteiger partial charge in [0.15, 0.2) is 5.96 Å². The van der Waals surface area contributed by atoms with E-state index in [1.165, 1.54) is 0 Å². The number of hydrogen-bond donors (Lipinski definition) is 2. The van der Waals surface area contributed by atoms with Gasteiger partial charge >= 0.3 is 0 Å². The zero-order valence-electron chi connectivity index (χ0n) is 15.3. The number of amides is 1. The fraction of sp³-hybridized carbons (Fsp3) is 0.875. The molecule has 2 N–H and O–H groups in total. The lowest BCUT2D eigenvalue weighted by atomic mass is 10.1. The van der Waals surface area contributed by atoms with Crippen LogP contribution in [0.2, 0.25) is 0 Å². The van der Waals surface area contributed by atoms with E-state index in [2.05, 4.69) is 41.3 Å². The zero-order chi connectivity index (χ0) is 16.8. The number of likely N-dealkylation sites (tertiary alicyclic amines) is 1. The number of nitrogens with one attached hydrogen (secondary N) is 2. The molecule has 1 amide bonds. The predicted molar refractivity (Wildman–Crippen MR) is 105 cm³/mol. The molecule has 0 spiro atoms. The lowest BCUT2D eigenvalue weighted by Gasteiger charge is -2.36. The highest BCUT2D eigenvalue weighted by Crippen LogP contribution is 2.20. The molecule has 7 heteroatoms. The maximum absolute atomic E-state index is 11.7. The van der Waals surface area contributed by atoms with Gasteiger partial charge in [0.05, 0.1) is 18.2 Å². The topological polar surface area (TPSA) is 66.0 Å². The molecule has 1 saturated heterocycles. The highest BCUT2D eigenvalue weighted by atomic mass is 127. The van der Waals surface area contributed by atoms with E-state index in [4.69, 9.17) is 4.74 Å². The number of rotatable bonds is 4. The average Bonchev–Trinajstić information content (AvgIpc) is 2.38. The van der Waals surface area contributed by atoms with E-state index in [0.29, 0.717) is 6.10 Å². The quantitative estimate of drug-likeness (QED) is 0.399. The van der Waals surface area contributed by atoms with Crippen molar-refractivity contribution >= 4 is 35.8 Å². The van der Waals surface area contributed by atoms with Crippen LogP contribution in [0, 0.1) is 0 Å². The minimum absolute atomic E-state index is 0. The van der Waals surface area contributed by atoms with Gasteiger partial charge in [-0.25, -0.2) is 0 Å². The molecule has 0 aromatic rings. The van der Waals surface area contributed by atoms with Crippen LogP contribution in [0.15, 0.2) is 4.99 Å². The Morgan fingerprint density at radius 2 is 1.87 bits per heavy atom. The molecule has 0 aromatic heterocycles. The van der Waals surface area contributed by atoms with Gasteiger partial charge in [-0.2, -0.15) is 0 Å². The molecule has 136 valence electrons. The van der Waals surface area contributed by atoms with Crippen molar-refractivity contribution in [1.82, 2.24) is 15.5 Å². The zero-order valence-corrected chi connectivity index (χ0v) is 17.6. The summed E-state index contributed by atoms with van der Waals surface area (Å²) < 4.78 is 6.03. The maximum Gasteiger partial charge on any atom is 0.239 e. The van der Waals surface area contributed by atoms with E-state index >= 15 is 0 Å². The summed E-state index contributed by atoms with van der Waals surface area (Å²) in [7, 11) is 1.75. The first-order valence-electron chi connectivity index (χ1n) is 8.14. The van der Waals surface area contributed by atoms with Crippen LogP contribution < -0.4 is 10.6 Å². The lowest BCUT2D eigenvalue weighted by Crippen LogP contribution is -2.50. The second-order valence-corrected chi connectivity index (χ2v) is 7.04. The Morgan fingerprint density at radius 1 is 1.30 bits per heavy atom. The Bertz CT molecular complexity index is 386. The Hall–Kier alpha value is -0.570. The van der Waals surface area contributed by atoms with Gasteiger partial charge in [-0.3, -0.25) is 9.79 Å². The molecule has 1 fully saturated rings. The Kier molecular flexibility index (Phi) is 10.1. The van der Waals surface area contributed by atoms with E-state index < -0.39 is 0 Å². The van der Waals surface area contributed by atoms with Crippen LogP contribution in [-0.4, -0.2) is 61.2 Å². The van der Waals surface area contributed by atoms with Gasteiger partial charge in [0.2, 0.25) is 5.91 Å². The van der Waals surface area contributed by atoms with Crippen molar-refractivity contribution in [3.05, 3.63) is 0 Å². The highest BCUT2D eigenvalue weighted by Gasteiger charge is 2.25. The van der Waals surface area contributed by atoms with E-state index in [0.717, 1.165) is 31.9 Å². The van der Waals surface area contributed by atoms with Gasteiger partial charge in [-0.15, -0.1) is 24.0 Å². The number of hydrogen-bond acceptors (Lipinski definition) is 3. The van der Waals surface area contributed by atoms with Crippen LogP contribution in [0.25, 0.3) is 0 Å². The number of ether oxygens (including phenoxy) is 1. The van der Waals surface area contributed by atoms with Crippen LogP contribution in [-0.2, 0) is 9.53 Å². The molecule has 23 heavy (non-hydrogen) atoms. The Balaban J connectivity index is 0.00000484. The van der Waals surface area contributed by atoms with E-state index in [-0.39, 0.29) is 48.1 Å². The lowest BCUT2D eigenvalue weighted by molar-refractivity contribution is -0.120. The molecule has 1 rings (SSSR count). The molecule has 6 nitrogen and oxygen atoms in total. The smallest absolute Gasteiger partial charge is 0.239 e. The van der Waals surface area contributed by atoms with E-state index in [1.807, 2.05) is 13.8 Å². The van der Waals surface area contributed by atoms with Crippen molar-refractivity contribution in [2.24, 2.45) is 4.99 Å². The van der Waals surface area contributed by atoms with Gasteiger partial charge < -0.3 is 20.3 Å². The molecule has 1 heterocycles. The van der Waals surface area contributed by atoms with Gasteiger partial charge in [-0.05, 0) is 47.5 Å². The number of halogens is 1. The fourth-order valence-electron chi connectivity index (χ4n) is 2.55. The summed E-state index contributed by atoms with van der Waals surface area (Å²) in [5.74, 6) is 0.773. The maximum atomic E-state index is 11.7. The normalized spacial score (nSPS) is 17.0. The minimum Gasteiger partial charge on any atom is -0.372 e. The van der Waals surface area contributed by atoms with Crippen LogP contribution in [0.3, 0.4) is 0 Å². The summed E-state index contributed by atoms with van der Waals surface area (Å²) in [4.78, 5) is 18.2. The van der Waals surface area contributed by atoms with Crippen molar-refractivity contribution < 1.29 is 9.53 Å². The minimum atomic E-state index is -0.0955. The molecular weight excluding hydrogens is 407 g/mol. The highest BCUT2D eigenvalue weighted by molar-refractivity contribution is 14.0. The summed E-state index contributed by atoms with van der Waals surface area (Å²) in [6.07, 6.45) is 2.27. The van der Waals surface area contributed by atoms with Crippen LogP contribution in [0.5, 0.6) is 0 Å². The van der Waals surface area contributed by atoms with Crippen molar-refractivity contribution in [3.63, 3.8) is 0 Å². The third-order valence-corrected chi connectivity index (χ3v) is 3.33. The standard InChI is InChI=1S/C16H32N4O2.HI/c1-12(2)19-14(21)11-18-15(17-6)20-9-7-13(8-10-20)22-16(3,4)5;/h12-13H,7-11H2,1-6H3,(H,17,18)(H,19,21);1H. The average molecular weight is 440 g/mol. The molecule has 0 bridgehead atoms. The Morgan fingerprint density at radius 3 is 2.30 bits per heavy atom. The van der Waals surface area contributed by atoms with Crippen molar-refractivity contribution in [2.75, 3.05) is 26.7 Å². The van der Waals surface area contributed by atoms with Gasteiger partial charge in [0.25, 0.3) is 0 Å². The van der Waals surface area contributed by atoms with Crippen LogP contribution >= 0.6 is 24.0 Å². The molecule has 0 atom stereocenters. The van der Waals surface area contributed by atoms with Crippen LogP contribution in [0.1, 0.15) is 47.5 Å². The largest absolute Gasteiger partial charge is 0.372 e. The van der Waals surface area contributed by atoms with Gasteiger partial charge in [-0.1, -0.05) is 0 Å². The molecule has 1 aliphatic rings. The number of piperidine rings is 1. The third-order valence-electron chi connectivity index (χ3n) is 3.33. The van der Waals surface area contributed by atoms with Crippen molar-refractivity contribution in [3.8, 4) is 0 Å². The monoisotopic (exact) mass is 440 g/mol. The summed E-state index contributed by atoms with van der Waals surface area (Å²) in [5.41, 5.74) is -0.0955. The summed E-state index contributed by atoms with van der Waals surface area (Å²) >= 11 is 0. The number of nitrogens with zero attached hydrogens (tertiary/aromatic N) is 2. The SMILES string of the molecule is CN=C(NCC(=O)NC(C)C)N1CCC(OC(C)(C)C)CC1.I. The number of guanidine groups is 1. The fourth-order valence-corrected chi connectivity index (χ4v) is 2.55. The molecule has 0 saturated carbocycles. The molecule has 1 aliphatic heterocycles. The third kappa shape index (κ3) is 9.34. The first kappa shape index (κ1) is 22.4. The first-order chi connectivity index (χ1) is 10.2. The summed E-state index contributed by atoms with van der Waals surface area (Å²) in [6.45, 7) is 12.2. The molecular formula is C16H33IN4O2. The second kappa shape index (κ2) is 10.3. The van der Waals surface area contributed by atoms with Crippen molar-refractivity contribution in [1.29, 1.82) is 0 Å². The van der Waals surface area contributed by atoms with Crippen LogP contribution in [0.4, 0.5) is 0 Å². The predicted octanol–water partition coefficient (Wildman–Crippen LogP) is 1.98. The van der Waals surface area contributed by atoms with E-state index in [1.54, 1.807) is 7.05 Å². The number of carbonyl (C=O) groups is 1. The number of carbonyl (C=O) groups excluding carboxylic acids is 1. The summed E-state index contributed by atoms with van der Waals surface area (Å²) in [6, 6.07) is 0.154. The number of aliphatic imine (C=N–C) groups is 1. The van der Waals surface area contributed by atoms with E-state index in [9.17, 15) is 4.79 Å². The van der Waals surface area contributed by atoms with Gasteiger partial charge in [0, 0.05) is 26.2 Å². The molecule has 0 radical (unpaired) electrons. The van der Waals surface area contributed by atoms with Gasteiger partial charge in [0.1, 0.15) is 0 Å². The van der Waals surface area contributed by atoms with Crippen molar-refractivity contribution in [2.45, 2.75) is 65.2 Å². The Labute approximate surface area is 157 Å². The first-order valence-corrected chi connectivity index (χ1v) is 8.14. The molecule has 0 aromatic carbocycles. The second-order valence-electron chi connectivity index (χ2n) is 7.04. The molecule has 0 unspecified atom stereocenters. The molecule has 0 aliphatic carbocycles. The summed E-state index contributed by atoms with van der Waals surface area (Å²) in [5, 5.41) is 5.99.